The summed E-state index contributed by atoms with van der Waals surface area (Å²) < 4.78 is 4.99. The standard InChI is InChI=1S/C14H16N2O2/c1-10-14(11(2)18-16-10)15-13(17)9-8-12-6-4-3-5-7-12/h3-7H,8-9H2,1-2H3,(H,15,17). The highest BCUT2D eigenvalue weighted by Crippen LogP contribution is 2.18. The van der Waals surface area contributed by atoms with E-state index in [9.17, 15) is 4.79 Å². The van der Waals surface area contributed by atoms with E-state index >= 15 is 0 Å². The molecule has 1 heterocycles. The molecule has 2 rings (SSSR count). The second-order valence-electron chi connectivity index (χ2n) is 4.23. The number of hydrogen-bond acceptors (Lipinski definition) is 3. The smallest absolute Gasteiger partial charge is 0.224 e. The number of hydrogen-bond donors (Lipinski definition) is 1. The number of benzene rings is 1. The molecule has 1 N–H and O–H groups in total. The van der Waals surface area contributed by atoms with Gasteiger partial charge in [-0.15, -0.1) is 0 Å². The molecule has 0 saturated carbocycles. The molecule has 0 atom stereocenters. The fourth-order valence-electron chi connectivity index (χ4n) is 1.77. The molecular formula is C14H16N2O2. The Morgan fingerprint density at radius 2 is 2.00 bits per heavy atom. The highest BCUT2D eigenvalue weighted by atomic mass is 16.5. The number of amides is 1. The minimum Gasteiger partial charge on any atom is -0.359 e. The van der Waals surface area contributed by atoms with Gasteiger partial charge in [0.05, 0.1) is 0 Å². The molecule has 0 aliphatic heterocycles. The summed E-state index contributed by atoms with van der Waals surface area (Å²) >= 11 is 0. The van der Waals surface area contributed by atoms with Crippen LogP contribution in [0.2, 0.25) is 0 Å². The number of nitrogens with zero attached hydrogens (tertiary/aromatic N) is 1. The van der Waals surface area contributed by atoms with Gasteiger partial charge in [0, 0.05) is 6.42 Å². The Hall–Kier alpha value is -2.10. The van der Waals surface area contributed by atoms with E-state index in [1.165, 1.54) is 0 Å². The molecule has 1 amide bonds. The Bertz CT molecular complexity index is 512. The molecule has 0 aliphatic rings. The first-order chi connectivity index (χ1) is 8.66. The van der Waals surface area contributed by atoms with Gasteiger partial charge in [-0.2, -0.15) is 0 Å². The van der Waals surface area contributed by atoms with Crippen molar-refractivity contribution < 1.29 is 9.32 Å². The number of anilines is 1. The lowest BCUT2D eigenvalue weighted by Crippen LogP contribution is -2.13. The van der Waals surface area contributed by atoms with E-state index in [4.69, 9.17) is 4.52 Å². The minimum absolute atomic E-state index is 0.0201. The van der Waals surface area contributed by atoms with Crippen molar-refractivity contribution >= 4 is 11.6 Å². The number of aryl methyl sites for hydroxylation is 3. The van der Waals surface area contributed by atoms with E-state index in [0.717, 1.165) is 12.0 Å². The average molecular weight is 244 g/mol. The third kappa shape index (κ3) is 2.97. The monoisotopic (exact) mass is 244 g/mol. The van der Waals surface area contributed by atoms with Crippen LogP contribution in [-0.4, -0.2) is 11.1 Å². The molecule has 1 aromatic carbocycles. The van der Waals surface area contributed by atoms with Gasteiger partial charge in [-0.05, 0) is 25.8 Å². The van der Waals surface area contributed by atoms with Crippen LogP contribution < -0.4 is 5.32 Å². The molecule has 94 valence electrons. The number of carbonyl (C=O) groups is 1. The summed E-state index contributed by atoms with van der Waals surface area (Å²) in [4.78, 5) is 11.8. The zero-order valence-corrected chi connectivity index (χ0v) is 10.6. The van der Waals surface area contributed by atoms with Gasteiger partial charge in [-0.3, -0.25) is 4.79 Å². The number of rotatable bonds is 4. The Morgan fingerprint density at radius 3 is 2.61 bits per heavy atom. The zero-order valence-electron chi connectivity index (χ0n) is 10.6. The molecule has 0 spiro atoms. The Balaban J connectivity index is 1.90. The second kappa shape index (κ2) is 5.49. The van der Waals surface area contributed by atoms with Gasteiger partial charge in [0.2, 0.25) is 5.91 Å². The molecule has 0 radical (unpaired) electrons. The number of carbonyl (C=O) groups excluding carboxylic acids is 1. The minimum atomic E-state index is -0.0201. The molecule has 2 aromatic rings. The molecule has 0 fully saturated rings. The molecule has 1 aromatic heterocycles. The van der Waals surface area contributed by atoms with Crippen LogP contribution in [0, 0.1) is 13.8 Å². The topological polar surface area (TPSA) is 55.1 Å². The van der Waals surface area contributed by atoms with E-state index < -0.39 is 0 Å². The van der Waals surface area contributed by atoms with Gasteiger partial charge >= 0.3 is 0 Å². The van der Waals surface area contributed by atoms with Gasteiger partial charge in [0.1, 0.15) is 11.4 Å². The summed E-state index contributed by atoms with van der Waals surface area (Å²) in [7, 11) is 0. The normalized spacial score (nSPS) is 10.3. The average Bonchev–Trinajstić information content (AvgIpc) is 2.69. The van der Waals surface area contributed by atoms with Crippen LogP contribution in [0.4, 0.5) is 5.69 Å². The summed E-state index contributed by atoms with van der Waals surface area (Å²) in [5.41, 5.74) is 2.56. The Kier molecular flexibility index (Phi) is 3.77. The summed E-state index contributed by atoms with van der Waals surface area (Å²) in [6.07, 6.45) is 1.18. The maximum Gasteiger partial charge on any atom is 0.224 e. The molecule has 4 heteroatoms. The van der Waals surface area contributed by atoms with Crippen LogP contribution >= 0.6 is 0 Å². The molecule has 18 heavy (non-hydrogen) atoms. The van der Waals surface area contributed by atoms with Gasteiger partial charge < -0.3 is 9.84 Å². The SMILES string of the molecule is Cc1noc(C)c1NC(=O)CCc1ccccc1. The van der Waals surface area contributed by atoms with Crippen molar-refractivity contribution in [2.75, 3.05) is 5.32 Å². The first kappa shape index (κ1) is 12.4. The van der Waals surface area contributed by atoms with E-state index in [0.29, 0.717) is 23.6 Å². The van der Waals surface area contributed by atoms with Crippen molar-refractivity contribution in [3.8, 4) is 0 Å². The highest BCUT2D eigenvalue weighted by molar-refractivity contribution is 5.91. The zero-order chi connectivity index (χ0) is 13.0. The van der Waals surface area contributed by atoms with Crippen LogP contribution in [0.1, 0.15) is 23.4 Å². The van der Waals surface area contributed by atoms with E-state index in [2.05, 4.69) is 10.5 Å². The third-order valence-corrected chi connectivity index (χ3v) is 2.78. The van der Waals surface area contributed by atoms with Crippen LogP contribution in [0.15, 0.2) is 34.9 Å². The maximum atomic E-state index is 11.8. The van der Waals surface area contributed by atoms with Crippen LogP contribution in [0.5, 0.6) is 0 Å². The van der Waals surface area contributed by atoms with E-state index in [1.807, 2.05) is 37.3 Å². The number of aromatic nitrogens is 1. The van der Waals surface area contributed by atoms with Crippen molar-refractivity contribution in [1.29, 1.82) is 0 Å². The van der Waals surface area contributed by atoms with Crippen LogP contribution in [0.25, 0.3) is 0 Å². The maximum absolute atomic E-state index is 11.8. The second-order valence-corrected chi connectivity index (χ2v) is 4.23. The summed E-state index contributed by atoms with van der Waals surface area (Å²) in [6, 6.07) is 9.95. The molecule has 0 bridgehead atoms. The molecular weight excluding hydrogens is 228 g/mol. The van der Waals surface area contributed by atoms with Crippen molar-refractivity contribution in [2.45, 2.75) is 26.7 Å². The first-order valence-electron chi connectivity index (χ1n) is 5.93. The van der Waals surface area contributed by atoms with Crippen LogP contribution in [-0.2, 0) is 11.2 Å². The lowest BCUT2D eigenvalue weighted by molar-refractivity contribution is -0.116. The summed E-state index contributed by atoms with van der Waals surface area (Å²) in [5, 5.41) is 6.63. The predicted octanol–water partition coefficient (Wildman–Crippen LogP) is 2.86. The van der Waals surface area contributed by atoms with Crippen molar-refractivity contribution in [2.24, 2.45) is 0 Å². The molecule has 0 saturated heterocycles. The molecule has 4 nitrogen and oxygen atoms in total. The Morgan fingerprint density at radius 1 is 1.28 bits per heavy atom. The lowest BCUT2D eigenvalue weighted by Gasteiger charge is -2.04. The van der Waals surface area contributed by atoms with Crippen LogP contribution in [0.3, 0.4) is 0 Å². The third-order valence-electron chi connectivity index (χ3n) is 2.78. The van der Waals surface area contributed by atoms with Crippen molar-refractivity contribution in [3.05, 3.63) is 47.3 Å². The first-order valence-corrected chi connectivity index (χ1v) is 5.93. The predicted molar refractivity (Wildman–Crippen MR) is 69.4 cm³/mol. The fourth-order valence-corrected chi connectivity index (χ4v) is 1.77. The van der Waals surface area contributed by atoms with Crippen molar-refractivity contribution in [1.82, 2.24) is 5.16 Å². The summed E-state index contributed by atoms with van der Waals surface area (Å²) in [5.74, 6) is 0.619. The van der Waals surface area contributed by atoms with E-state index in [1.54, 1.807) is 6.92 Å². The highest BCUT2D eigenvalue weighted by Gasteiger charge is 2.11. The largest absolute Gasteiger partial charge is 0.359 e. The molecule has 0 aliphatic carbocycles. The van der Waals surface area contributed by atoms with E-state index in [-0.39, 0.29) is 5.91 Å². The lowest BCUT2D eigenvalue weighted by atomic mass is 10.1. The quantitative estimate of drug-likeness (QED) is 0.899. The fraction of sp³-hybridized carbons (Fsp3) is 0.286. The van der Waals surface area contributed by atoms with Gasteiger partial charge in [-0.1, -0.05) is 35.5 Å². The van der Waals surface area contributed by atoms with Gasteiger partial charge in [0.25, 0.3) is 0 Å². The van der Waals surface area contributed by atoms with Gasteiger partial charge in [0.15, 0.2) is 5.76 Å². The Labute approximate surface area is 106 Å². The number of nitrogens with one attached hydrogen (secondary N) is 1. The van der Waals surface area contributed by atoms with Crippen molar-refractivity contribution in [3.63, 3.8) is 0 Å². The molecule has 0 unspecified atom stereocenters. The van der Waals surface area contributed by atoms with Gasteiger partial charge in [-0.25, -0.2) is 0 Å². The summed E-state index contributed by atoms with van der Waals surface area (Å²) in [6.45, 7) is 3.59.